The smallest absolute Gasteiger partial charge is 0.0953 e. The second kappa shape index (κ2) is 4.69. The van der Waals surface area contributed by atoms with E-state index in [0.717, 1.165) is 10.7 Å². The fraction of sp³-hybridized carbons (Fsp3) is 0.667. The van der Waals surface area contributed by atoms with Crippen molar-refractivity contribution >= 4 is 11.3 Å². The van der Waals surface area contributed by atoms with Gasteiger partial charge >= 0.3 is 0 Å². The summed E-state index contributed by atoms with van der Waals surface area (Å²) in [7, 11) is 0. The number of hydrogen-bond acceptors (Lipinski definition) is 4. The zero-order valence-corrected chi connectivity index (χ0v) is 8.84. The Morgan fingerprint density at radius 2 is 2.31 bits per heavy atom. The van der Waals surface area contributed by atoms with Crippen LogP contribution in [0.3, 0.4) is 0 Å². The molecule has 13 heavy (non-hydrogen) atoms. The summed E-state index contributed by atoms with van der Waals surface area (Å²) in [6.07, 6.45) is 0.666. The van der Waals surface area contributed by atoms with E-state index in [4.69, 9.17) is 10.8 Å². The van der Waals surface area contributed by atoms with Crippen molar-refractivity contribution < 1.29 is 5.11 Å². The van der Waals surface area contributed by atoms with Crippen LogP contribution in [0.25, 0.3) is 0 Å². The first kappa shape index (κ1) is 10.6. The molecule has 1 atom stereocenters. The van der Waals surface area contributed by atoms with Gasteiger partial charge in [0.2, 0.25) is 0 Å². The Morgan fingerprint density at radius 3 is 2.77 bits per heavy atom. The van der Waals surface area contributed by atoms with Gasteiger partial charge in [-0.25, -0.2) is 4.98 Å². The van der Waals surface area contributed by atoms with Gasteiger partial charge in [-0.15, -0.1) is 11.3 Å². The molecule has 0 aliphatic heterocycles. The molecule has 1 unspecified atom stereocenters. The van der Waals surface area contributed by atoms with Crippen molar-refractivity contribution in [2.75, 3.05) is 6.61 Å². The van der Waals surface area contributed by atoms with Gasteiger partial charge in [0.25, 0.3) is 0 Å². The van der Waals surface area contributed by atoms with Gasteiger partial charge in [-0.05, 0) is 0 Å². The second-order valence-corrected chi connectivity index (χ2v) is 4.37. The third-order valence-corrected chi connectivity index (χ3v) is 2.96. The van der Waals surface area contributed by atoms with Crippen molar-refractivity contribution in [3.05, 3.63) is 16.1 Å². The molecule has 3 nitrogen and oxygen atoms in total. The van der Waals surface area contributed by atoms with E-state index >= 15 is 0 Å². The highest BCUT2D eigenvalue weighted by Gasteiger charge is 2.08. The number of thiazole rings is 1. The molecular weight excluding hydrogens is 184 g/mol. The third-order valence-electron chi connectivity index (χ3n) is 1.77. The predicted molar refractivity (Wildman–Crippen MR) is 55.0 cm³/mol. The maximum absolute atomic E-state index is 8.76. The molecule has 0 bridgehead atoms. The largest absolute Gasteiger partial charge is 0.395 e. The molecule has 0 saturated carbocycles. The second-order valence-electron chi connectivity index (χ2n) is 3.48. The summed E-state index contributed by atoms with van der Waals surface area (Å²) in [5.74, 6) is 0.476. The summed E-state index contributed by atoms with van der Waals surface area (Å²) in [5, 5.41) is 11.9. The Hall–Kier alpha value is -0.450. The van der Waals surface area contributed by atoms with Gasteiger partial charge in [0.05, 0.1) is 17.3 Å². The maximum Gasteiger partial charge on any atom is 0.0953 e. The van der Waals surface area contributed by atoms with Crippen LogP contribution in [0.1, 0.15) is 30.5 Å². The molecule has 1 aromatic rings. The van der Waals surface area contributed by atoms with Crippen LogP contribution >= 0.6 is 11.3 Å². The molecule has 4 heteroatoms. The number of aliphatic hydroxyl groups is 1. The van der Waals surface area contributed by atoms with E-state index in [0.29, 0.717) is 12.3 Å². The van der Waals surface area contributed by atoms with Crippen molar-refractivity contribution in [1.29, 1.82) is 0 Å². The highest BCUT2D eigenvalue weighted by molar-refractivity contribution is 7.09. The molecule has 0 aromatic carbocycles. The Kier molecular flexibility index (Phi) is 3.84. The minimum Gasteiger partial charge on any atom is -0.395 e. The Balaban J connectivity index is 2.58. The van der Waals surface area contributed by atoms with Crippen molar-refractivity contribution in [3.63, 3.8) is 0 Å². The maximum atomic E-state index is 8.76. The van der Waals surface area contributed by atoms with Crippen LogP contribution in [-0.4, -0.2) is 22.7 Å². The Labute approximate surface area is 82.6 Å². The van der Waals surface area contributed by atoms with Crippen molar-refractivity contribution in [1.82, 2.24) is 4.98 Å². The molecule has 1 aromatic heterocycles. The predicted octanol–water partition coefficient (Wildman–Crippen LogP) is 1.13. The van der Waals surface area contributed by atoms with Gasteiger partial charge in [0, 0.05) is 23.8 Å². The molecule has 0 saturated heterocycles. The van der Waals surface area contributed by atoms with Gasteiger partial charge in [-0.2, -0.15) is 0 Å². The quantitative estimate of drug-likeness (QED) is 0.766. The summed E-state index contributed by atoms with van der Waals surface area (Å²) in [4.78, 5) is 4.43. The lowest BCUT2D eigenvalue weighted by molar-refractivity contribution is 0.264. The van der Waals surface area contributed by atoms with Crippen LogP contribution in [0.15, 0.2) is 5.38 Å². The summed E-state index contributed by atoms with van der Waals surface area (Å²) in [6.45, 7) is 4.26. The van der Waals surface area contributed by atoms with E-state index in [-0.39, 0.29) is 12.6 Å². The van der Waals surface area contributed by atoms with Gasteiger partial charge in [-0.1, -0.05) is 13.8 Å². The van der Waals surface area contributed by atoms with E-state index < -0.39 is 0 Å². The zero-order valence-electron chi connectivity index (χ0n) is 8.03. The highest BCUT2D eigenvalue weighted by Crippen LogP contribution is 2.19. The van der Waals surface area contributed by atoms with Gasteiger partial charge in [0.15, 0.2) is 0 Å². The van der Waals surface area contributed by atoms with Crippen molar-refractivity contribution in [2.24, 2.45) is 5.73 Å². The first-order valence-electron chi connectivity index (χ1n) is 4.44. The number of hydrogen-bond donors (Lipinski definition) is 2. The lowest BCUT2D eigenvalue weighted by Gasteiger charge is -2.04. The molecule has 1 rings (SSSR count). The van der Waals surface area contributed by atoms with Gasteiger partial charge in [0.1, 0.15) is 0 Å². The Morgan fingerprint density at radius 1 is 1.62 bits per heavy atom. The molecule has 0 radical (unpaired) electrons. The summed E-state index contributed by atoms with van der Waals surface area (Å²) in [6, 6.07) is -0.179. The van der Waals surface area contributed by atoms with E-state index in [1.165, 1.54) is 0 Å². The number of aliphatic hydroxyl groups excluding tert-OH is 1. The SMILES string of the molecule is CC(C)c1nc(CC(N)CO)cs1. The molecule has 0 aliphatic rings. The monoisotopic (exact) mass is 200 g/mol. The van der Waals surface area contributed by atoms with E-state index in [1.807, 2.05) is 5.38 Å². The fourth-order valence-corrected chi connectivity index (χ4v) is 1.86. The number of nitrogens with two attached hydrogens (primary N) is 1. The Bertz CT molecular complexity index is 260. The summed E-state index contributed by atoms with van der Waals surface area (Å²) >= 11 is 1.66. The molecule has 74 valence electrons. The average Bonchev–Trinajstić information content (AvgIpc) is 2.52. The van der Waals surface area contributed by atoms with Crippen LogP contribution in [0.5, 0.6) is 0 Å². The van der Waals surface area contributed by atoms with E-state index in [9.17, 15) is 0 Å². The zero-order chi connectivity index (χ0) is 9.84. The first-order chi connectivity index (χ1) is 6.13. The molecular formula is C9H16N2OS. The first-order valence-corrected chi connectivity index (χ1v) is 5.32. The van der Waals surface area contributed by atoms with Crippen LogP contribution in [0, 0.1) is 0 Å². The van der Waals surface area contributed by atoms with Crippen LogP contribution in [-0.2, 0) is 6.42 Å². The summed E-state index contributed by atoms with van der Waals surface area (Å²) < 4.78 is 0. The van der Waals surface area contributed by atoms with Crippen LogP contribution in [0.2, 0.25) is 0 Å². The van der Waals surface area contributed by atoms with E-state index in [2.05, 4.69) is 18.8 Å². The van der Waals surface area contributed by atoms with Crippen LogP contribution in [0.4, 0.5) is 0 Å². The highest BCUT2D eigenvalue weighted by atomic mass is 32.1. The normalized spacial score (nSPS) is 13.6. The minimum atomic E-state index is -0.179. The number of rotatable bonds is 4. The molecule has 1 heterocycles. The lowest BCUT2D eigenvalue weighted by Crippen LogP contribution is -2.26. The van der Waals surface area contributed by atoms with E-state index in [1.54, 1.807) is 11.3 Å². The molecule has 3 N–H and O–H groups in total. The molecule has 0 fully saturated rings. The van der Waals surface area contributed by atoms with Crippen molar-refractivity contribution in [2.45, 2.75) is 32.2 Å². The third kappa shape index (κ3) is 3.06. The minimum absolute atomic E-state index is 0.0224. The average molecular weight is 200 g/mol. The number of aromatic nitrogens is 1. The lowest BCUT2D eigenvalue weighted by atomic mass is 10.2. The standard InChI is InChI=1S/C9H16N2OS/c1-6(2)9-11-8(5-13-9)3-7(10)4-12/h5-7,12H,3-4,10H2,1-2H3. The fourth-order valence-electron chi connectivity index (χ4n) is 1.01. The van der Waals surface area contributed by atoms with Crippen molar-refractivity contribution in [3.8, 4) is 0 Å². The number of nitrogens with zero attached hydrogens (tertiary/aromatic N) is 1. The molecule has 0 spiro atoms. The van der Waals surface area contributed by atoms with Gasteiger partial charge < -0.3 is 10.8 Å². The van der Waals surface area contributed by atoms with Gasteiger partial charge in [-0.3, -0.25) is 0 Å². The topological polar surface area (TPSA) is 59.1 Å². The molecule has 0 amide bonds. The van der Waals surface area contributed by atoms with Crippen LogP contribution < -0.4 is 5.73 Å². The molecule has 0 aliphatic carbocycles. The summed E-state index contributed by atoms with van der Waals surface area (Å²) in [5.41, 5.74) is 6.60.